The summed E-state index contributed by atoms with van der Waals surface area (Å²) in [6.45, 7) is 7.52. The summed E-state index contributed by atoms with van der Waals surface area (Å²) < 4.78 is 62.4. The van der Waals surface area contributed by atoms with Crippen molar-refractivity contribution >= 4 is 16.8 Å². The van der Waals surface area contributed by atoms with E-state index < -0.39 is 24.2 Å². The monoisotopic (exact) mass is 540 g/mol. The summed E-state index contributed by atoms with van der Waals surface area (Å²) in [5.74, 6) is 2.08. The SMILES string of the molecule is C#CC.C/C(=C\c1cnn(-c2ccc(F)cc2)c1C)C(O)(COc1cccc2ccccc12)C(F)(F)F.CC. The standard InChI is InChI=1S/C26H22F4N2O2.C3H4.C2H6/c1-17(14-20-15-31-32(18(20)2)22-12-10-21(27)11-13-22)25(33,26(28,29)30)16-34-24-9-5-7-19-6-3-4-8-23(19)24;1-3-2;1-2/h3-15,33H,16H2,1-2H3;1H,2H3;1-2H3/b17-14+;;. The van der Waals surface area contributed by atoms with E-state index in [4.69, 9.17) is 4.74 Å². The van der Waals surface area contributed by atoms with Gasteiger partial charge in [-0.1, -0.05) is 50.2 Å². The zero-order chi connectivity index (χ0) is 29.2. The zero-order valence-electron chi connectivity index (χ0n) is 22.6. The number of rotatable bonds is 6. The molecule has 0 amide bonds. The number of alkyl halides is 3. The average Bonchev–Trinajstić information content (AvgIpc) is 3.28. The first-order valence-electron chi connectivity index (χ1n) is 12.3. The number of benzene rings is 3. The van der Waals surface area contributed by atoms with E-state index in [0.717, 1.165) is 5.39 Å². The molecule has 3 aromatic carbocycles. The highest BCUT2D eigenvalue weighted by molar-refractivity contribution is 5.88. The number of aliphatic hydroxyl groups is 1. The first kappa shape index (κ1) is 31.1. The fourth-order valence-corrected chi connectivity index (χ4v) is 3.68. The average molecular weight is 541 g/mol. The van der Waals surface area contributed by atoms with Gasteiger partial charge in [-0.25, -0.2) is 9.07 Å². The maximum Gasteiger partial charge on any atom is 0.424 e. The summed E-state index contributed by atoms with van der Waals surface area (Å²) in [6, 6.07) is 17.8. The van der Waals surface area contributed by atoms with Gasteiger partial charge in [-0.2, -0.15) is 18.3 Å². The first-order chi connectivity index (χ1) is 18.5. The third-order valence-corrected chi connectivity index (χ3v) is 5.80. The van der Waals surface area contributed by atoms with Crippen molar-refractivity contribution in [2.24, 2.45) is 0 Å². The van der Waals surface area contributed by atoms with Crippen LogP contribution in [0.25, 0.3) is 22.5 Å². The van der Waals surface area contributed by atoms with E-state index in [-0.39, 0.29) is 11.3 Å². The number of fused-ring (bicyclic) bond motifs is 1. The van der Waals surface area contributed by atoms with Crippen LogP contribution in [0, 0.1) is 25.1 Å². The lowest BCUT2D eigenvalue weighted by molar-refractivity contribution is -0.251. The number of hydrogen-bond acceptors (Lipinski definition) is 3. The molecule has 0 spiro atoms. The summed E-state index contributed by atoms with van der Waals surface area (Å²) in [5, 5.41) is 16.4. The first-order valence-corrected chi connectivity index (χ1v) is 12.3. The molecule has 4 rings (SSSR count). The molecule has 206 valence electrons. The van der Waals surface area contributed by atoms with Gasteiger partial charge in [-0.15, -0.1) is 12.3 Å². The highest BCUT2D eigenvalue weighted by Crippen LogP contribution is 2.38. The smallest absolute Gasteiger partial charge is 0.424 e. The van der Waals surface area contributed by atoms with Crippen molar-refractivity contribution in [1.82, 2.24) is 9.78 Å². The predicted molar refractivity (Wildman–Crippen MR) is 148 cm³/mol. The Morgan fingerprint density at radius 1 is 1.05 bits per heavy atom. The van der Waals surface area contributed by atoms with Gasteiger partial charge >= 0.3 is 6.18 Å². The van der Waals surface area contributed by atoms with Crippen molar-refractivity contribution in [3.63, 3.8) is 0 Å². The lowest BCUT2D eigenvalue weighted by Gasteiger charge is -2.31. The minimum absolute atomic E-state index is 0.244. The van der Waals surface area contributed by atoms with E-state index in [1.807, 2.05) is 32.0 Å². The molecule has 0 aliphatic heterocycles. The minimum atomic E-state index is -4.99. The summed E-state index contributed by atoms with van der Waals surface area (Å²) in [4.78, 5) is 0. The van der Waals surface area contributed by atoms with Gasteiger partial charge in [-0.05, 0) is 68.1 Å². The van der Waals surface area contributed by atoms with Crippen LogP contribution < -0.4 is 4.74 Å². The molecule has 1 N–H and O–H groups in total. The summed E-state index contributed by atoms with van der Waals surface area (Å²) in [5.41, 5.74) is -2.10. The van der Waals surface area contributed by atoms with Crippen LogP contribution in [0.3, 0.4) is 0 Å². The van der Waals surface area contributed by atoms with E-state index in [9.17, 15) is 22.7 Å². The quantitative estimate of drug-likeness (QED) is 0.200. The Hall–Kier alpha value is -4.09. The number of ether oxygens (including phenoxy) is 1. The summed E-state index contributed by atoms with van der Waals surface area (Å²) >= 11 is 0. The Labute approximate surface area is 226 Å². The Balaban J connectivity index is 0.000000998. The van der Waals surface area contributed by atoms with E-state index in [2.05, 4.69) is 17.4 Å². The topological polar surface area (TPSA) is 47.3 Å². The fourth-order valence-electron chi connectivity index (χ4n) is 3.68. The molecule has 4 nitrogen and oxygen atoms in total. The second-order valence-corrected chi connectivity index (χ2v) is 8.31. The Morgan fingerprint density at radius 3 is 2.26 bits per heavy atom. The van der Waals surface area contributed by atoms with Gasteiger partial charge in [0.05, 0.1) is 11.9 Å². The maximum absolute atomic E-state index is 14.1. The van der Waals surface area contributed by atoms with Crippen molar-refractivity contribution in [1.29, 1.82) is 0 Å². The number of halogens is 4. The lowest BCUT2D eigenvalue weighted by atomic mass is 9.93. The van der Waals surface area contributed by atoms with E-state index in [1.165, 1.54) is 48.1 Å². The summed E-state index contributed by atoms with van der Waals surface area (Å²) in [6.07, 6.45) is 2.24. The van der Waals surface area contributed by atoms with E-state index in [1.54, 1.807) is 38.1 Å². The van der Waals surface area contributed by atoms with Crippen LogP contribution in [0.5, 0.6) is 5.75 Å². The van der Waals surface area contributed by atoms with Crippen molar-refractivity contribution in [2.45, 2.75) is 46.4 Å². The molecular weight excluding hydrogens is 508 g/mol. The zero-order valence-corrected chi connectivity index (χ0v) is 22.6. The normalized spacial score (nSPS) is 12.8. The molecule has 0 aliphatic rings. The van der Waals surface area contributed by atoms with E-state index >= 15 is 0 Å². The molecule has 1 aromatic heterocycles. The van der Waals surface area contributed by atoms with Crippen LogP contribution >= 0.6 is 0 Å². The number of terminal acetylenes is 1. The molecule has 0 radical (unpaired) electrons. The largest absolute Gasteiger partial charge is 0.489 e. The molecule has 0 bridgehead atoms. The molecule has 0 saturated heterocycles. The number of aromatic nitrogens is 2. The molecule has 1 heterocycles. The van der Waals surface area contributed by atoms with Crippen molar-refractivity contribution in [3.05, 3.63) is 95.6 Å². The second kappa shape index (κ2) is 13.6. The van der Waals surface area contributed by atoms with Crippen LogP contribution in [0.2, 0.25) is 0 Å². The predicted octanol–water partition coefficient (Wildman–Crippen LogP) is 7.91. The fraction of sp³-hybridized carbons (Fsp3) is 0.258. The number of hydrogen-bond donors (Lipinski definition) is 1. The van der Waals surface area contributed by atoms with Crippen molar-refractivity contribution in [2.75, 3.05) is 6.61 Å². The van der Waals surface area contributed by atoms with Crippen LogP contribution in [0.1, 0.15) is 39.0 Å². The van der Waals surface area contributed by atoms with Crippen LogP contribution in [-0.4, -0.2) is 33.3 Å². The van der Waals surface area contributed by atoms with Gasteiger partial charge in [-0.3, -0.25) is 0 Å². The van der Waals surface area contributed by atoms with Gasteiger partial charge in [0.1, 0.15) is 18.2 Å². The Kier molecular flexibility index (Phi) is 10.9. The van der Waals surface area contributed by atoms with Gasteiger partial charge in [0, 0.05) is 16.6 Å². The third kappa shape index (κ3) is 7.27. The van der Waals surface area contributed by atoms with Crippen LogP contribution in [0.15, 0.2) is 78.5 Å². The van der Waals surface area contributed by atoms with Gasteiger partial charge in [0.25, 0.3) is 0 Å². The molecule has 0 saturated carbocycles. The maximum atomic E-state index is 14.1. The Bertz CT molecular complexity index is 1430. The Morgan fingerprint density at radius 2 is 1.64 bits per heavy atom. The second-order valence-electron chi connectivity index (χ2n) is 8.31. The van der Waals surface area contributed by atoms with Gasteiger partial charge in [0.2, 0.25) is 5.60 Å². The highest BCUT2D eigenvalue weighted by atomic mass is 19.4. The molecule has 1 unspecified atom stereocenters. The highest BCUT2D eigenvalue weighted by Gasteiger charge is 2.56. The third-order valence-electron chi connectivity index (χ3n) is 5.80. The molecule has 0 fully saturated rings. The molecule has 8 heteroatoms. The van der Waals surface area contributed by atoms with Crippen LogP contribution in [0.4, 0.5) is 17.6 Å². The molecule has 1 atom stereocenters. The molecule has 0 aliphatic carbocycles. The molecular formula is C31H32F4N2O2. The lowest BCUT2D eigenvalue weighted by Crippen LogP contribution is -2.51. The van der Waals surface area contributed by atoms with Crippen LogP contribution in [-0.2, 0) is 0 Å². The molecule has 39 heavy (non-hydrogen) atoms. The number of nitrogens with zero attached hydrogens (tertiary/aromatic N) is 2. The van der Waals surface area contributed by atoms with Gasteiger partial charge in [0.15, 0.2) is 0 Å². The van der Waals surface area contributed by atoms with Gasteiger partial charge < -0.3 is 9.84 Å². The molecule has 4 aromatic rings. The minimum Gasteiger partial charge on any atom is -0.489 e. The van der Waals surface area contributed by atoms with E-state index in [0.29, 0.717) is 22.3 Å². The van der Waals surface area contributed by atoms with Crippen molar-refractivity contribution < 1.29 is 27.4 Å². The summed E-state index contributed by atoms with van der Waals surface area (Å²) in [7, 11) is 0. The van der Waals surface area contributed by atoms with Crippen molar-refractivity contribution in [3.8, 4) is 23.8 Å².